The fraction of sp³-hybridized carbons (Fsp3) is 0.0909. The summed E-state index contributed by atoms with van der Waals surface area (Å²) in [7, 11) is 1.72. The van der Waals surface area contributed by atoms with Gasteiger partial charge in [-0.1, -0.05) is 18.2 Å². The molecule has 5 nitrogen and oxygen atoms in total. The lowest BCUT2D eigenvalue weighted by atomic mass is 10.1. The van der Waals surface area contributed by atoms with E-state index in [1.165, 1.54) is 0 Å². The lowest BCUT2D eigenvalue weighted by Gasteiger charge is -2.00. The third-order valence-corrected chi connectivity index (χ3v) is 2.73. The van der Waals surface area contributed by atoms with Gasteiger partial charge in [-0.25, -0.2) is 0 Å². The van der Waals surface area contributed by atoms with Crippen LogP contribution in [0.5, 0.6) is 0 Å². The Morgan fingerprint density at radius 1 is 1.12 bits per heavy atom. The number of aromatic nitrogens is 3. The number of hydrogen-bond donors (Lipinski definition) is 2. The minimum atomic E-state index is -0.357. The highest BCUT2D eigenvalue weighted by Crippen LogP contribution is 2.17. The molecule has 0 radical (unpaired) electrons. The van der Waals surface area contributed by atoms with Crippen LogP contribution in [0, 0.1) is 0 Å². The number of nitrogens with one attached hydrogen (secondary N) is 2. The van der Waals surface area contributed by atoms with Crippen molar-refractivity contribution in [2.75, 3.05) is 0 Å². The third-order valence-electron chi connectivity index (χ3n) is 2.73. The first kappa shape index (κ1) is 8.96. The Bertz CT molecular complexity index is 807. The van der Waals surface area contributed by atoms with Crippen LogP contribution < -0.4 is 11.1 Å². The summed E-state index contributed by atoms with van der Waals surface area (Å²) in [6.07, 6.45) is 0. The minimum absolute atomic E-state index is 0.182. The van der Waals surface area contributed by atoms with Crippen molar-refractivity contribution < 1.29 is 0 Å². The van der Waals surface area contributed by atoms with Crippen LogP contribution in [0.1, 0.15) is 0 Å². The van der Waals surface area contributed by atoms with Crippen molar-refractivity contribution in [2.24, 2.45) is 7.05 Å². The van der Waals surface area contributed by atoms with Crippen molar-refractivity contribution in [1.82, 2.24) is 14.8 Å². The van der Waals surface area contributed by atoms with Crippen LogP contribution in [0.3, 0.4) is 0 Å². The van der Waals surface area contributed by atoms with E-state index in [1.54, 1.807) is 11.7 Å². The van der Waals surface area contributed by atoms with Crippen LogP contribution in [0.4, 0.5) is 0 Å². The molecular weight excluding hydrogens is 206 g/mol. The molecule has 5 heteroatoms. The van der Waals surface area contributed by atoms with E-state index in [4.69, 9.17) is 0 Å². The van der Waals surface area contributed by atoms with Gasteiger partial charge in [0.15, 0.2) is 0 Å². The molecule has 0 spiro atoms. The van der Waals surface area contributed by atoms with Crippen molar-refractivity contribution >= 4 is 21.8 Å². The van der Waals surface area contributed by atoms with E-state index in [1.807, 2.05) is 24.3 Å². The fourth-order valence-electron chi connectivity index (χ4n) is 2.05. The number of H-pyrrole nitrogens is 2. The van der Waals surface area contributed by atoms with Crippen LogP contribution in [-0.2, 0) is 7.05 Å². The predicted molar refractivity (Wildman–Crippen MR) is 61.7 cm³/mol. The smallest absolute Gasteiger partial charge is 0.277 e. The molecule has 0 bridgehead atoms. The number of benzene rings is 1. The zero-order valence-corrected chi connectivity index (χ0v) is 8.57. The van der Waals surface area contributed by atoms with Crippen molar-refractivity contribution in [3.63, 3.8) is 0 Å². The largest absolute Gasteiger partial charge is 0.321 e. The lowest BCUT2D eigenvalue weighted by Crippen LogP contribution is -2.13. The second-order valence-electron chi connectivity index (χ2n) is 3.72. The molecule has 0 aliphatic rings. The molecule has 1 aromatic carbocycles. The van der Waals surface area contributed by atoms with E-state index >= 15 is 0 Å². The van der Waals surface area contributed by atoms with Crippen LogP contribution in [0.15, 0.2) is 33.9 Å². The monoisotopic (exact) mass is 215 g/mol. The first-order valence-electron chi connectivity index (χ1n) is 4.88. The molecule has 16 heavy (non-hydrogen) atoms. The average Bonchev–Trinajstić information content (AvgIpc) is 2.55. The summed E-state index contributed by atoms with van der Waals surface area (Å²) in [5.74, 6) is 0. The molecule has 0 saturated heterocycles. The lowest BCUT2D eigenvalue weighted by molar-refractivity contribution is 0.785. The summed E-state index contributed by atoms with van der Waals surface area (Å²) in [6.45, 7) is 0. The van der Waals surface area contributed by atoms with Crippen molar-refractivity contribution in [3.05, 3.63) is 45.0 Å². The standard InChI is InChI=1S/C11H9N3O2/c1-14-9-6-4-2-3-5-7(6)12-10(15)8(9)11(16)13-14/h2-5H,1H3,(H,12,15)(H,13,16). The van der Waals surface area contributed by atoms with E-state index in [2.05, 4.69) is 10.1 Å². The maximum Gasteiger partial charge on any atom is 0.277 e. The van der Waals surface area contributed by atoms with Crippen LogP contribution in [0.25, 0.3) is 21.8 Å². The van der Waals surface area contributed by atoms with E-state index < -0.39 is 0 Å². The van der Waals surface area contributed by atoms with Crippen molar-refractivity contribution in [3.8, 4) is 0 Å². The average molecular weight is 215 g/mol. The Morgan fingerprint density at radius 3 is 2.69 bits per heavy atom. The zero-order valence-electron chi connectivity index (χ0n) is 8.57. The van der Waals surface area contributed by atoms with Gasteiger partial charge in [-0.2, -0.15) is 0 Å². The van der Waals surface area contributed by atoms with Gasteiger partial charge in [-0.15, -0.1) is 0 Å². The van der Waals surface area contributed by atoms with Gasteiger partial charge in [0.1, 0.15) is 5.39 Å². The number of aromatic amines is 2. The van der Waals surface area contributed by atoms with E-state index in [0.717, 1.165) is 10.9 Å². The summed E-state index contributed by atoms with van der Waals surface area (Å²) in [5.41, 5.74) is 0.666. The van der Waals surface area contributed by atoms with E-state index in [0.29, 0.717) is 5.52 Å². The summed E-state index contributed by atoms with van der Waals surface area (Å²) in [5, 5.41) is 3.63. The topological polar surface area (TPSA) is 70.7 Å². The Hall–Kier alpha value is -2.30. The summed E-state index contributed by atoms with van der Waals surface area (Å²) >= 11 is 0. The summed E-state index contributed by atoms with van der Waals surface area (Å²) < 4.78 is 1.58. The molecule has 0 fully saturated rings. The molecule has 0 aliphatic carbocycles. The van der Waals surface area contributed by atoms with Gasteiger partial charge in [0, 0.05) is 12.4 Å². The highest BCUT2D eigenvalue weighted by molar-refractivity contribution is 6.02. The molecule has 2 heterocycles. The molecule has 0 aliphatic heterocycles. The normalized spacial score (nSPS) is 11.3. The molecular formula is C11H9N3O2. The molecule has 0 saturated carbocycles. The van der Waals surface area contributed by atoms with Crippen LogP contribution in [-0.4, -0.2) is 14.8 Å². The van der Waals surface area contributed by atoms with Crippen molar-refractivity contribution in [1.29, 1.82) is 0 Å². The van der Waals surface area contributed by atoms with Gasteiger partial charge in [0.2, 0.25) is 0 Å². The first-order chi connectivity index (χ1) is 7.68. The number of aryl methyl sites for hydroxylation is 1. The number of para-hydroxylation sites is 1. The number of rotatable bonds is 0. The second-order valence-corrected chi connectivity index (χ2v) is 3.72. The van der Waals surface area contributed by atoms with Crippen LogP contribution >= 0.6 is 0 Å². The van der Waals surface area contributed by atoms with Crippen LogP contribution in [0.2, 0.25) is 0 Å². The van der Waals surface area contributed by atoms with Gasteiger partial charge in [0.05, 0.1) is 11.0 Å². The SMILES string of the molecule is Cn1[nH]c(=O)c2c(=O)[nH]c3ccccc3c21. The van der Waals surface area contributed by atoms with Gasteiger partial charge >= 0.3 is 0 Å². The molecule has 2 N–H and O–H groups in total. The number of hydrogen-bond acceptors (Lipinski definition) is 2. The molecule has 0 unspecified atom stereocenters. The quantitative estimate of drug-likeness (QED) is 0.579. The number of nitrogens with zero attached hydrogens (tertiary/aromatic N) is 1. The molecule has 3 aromatic rings. The minimum Gasteiger partial charge on any atom is -0.321 e. The maximum absolute atomic E-state index is 11.7. The van der Waals surface area contributed by atoms with Gasteiger partial charge in [0.25, 0.3) is 11.1 Å². The first-order valence-corrected chi connectivity index (χ1v) is 4.88. The van der Waals surface area contributed by atoms with E-state index in [9.17, 15) is 9.59 Å². The molecule has 0 atom stereocenters. The Balaban J connectivity index is 2.80. The van der Waals surface area contributed by atoms with Gasteiger partial charge < -0.3 is 4.98 Å². The van der Waals surface area contributed by atoms with Crippen molar-refractivity contribution in [2.45, 2.75) is 0 Å². The Morgan fingerprint density at radius 2 is 1.88 bits per heavy atom. The Labute approximate surface area is 89.3 Å². The number of pyridine rings is 1. The fourth-order valence-corrected chi connectivity index (χ4v) is 2.05. The number of fused-ring (bicyclic) bond motifs is 3. The molecule has 80 valence electrons. The predicted octanol–water partition coefficient (Wildman–Crippen LogP) is 0.708. The highest BCUT2D eigenvalue weighted by Gasteiger charge is 2.11. The third kappa shape index (κ3) is 0.995. The van der Waals surface area contributed by atoms with Gasteiger partial charge in [-0.3, -0.25) is 19.4 Å². The summed E-state index contributed by atoms with van der Waals surface area (Å²) in [6, 6.07) is 7.40. The molecule has 3 rings (SSSR count). The molecule has 0 amide bonds. The second kappa shape index (κ2) is 2.85. The zero-order chi connectivity index (χ0) is 11.3. The highest BCUT2D eigenvalue weighted by atomic mass is 16.1. The summed E-state index contributed by atoms with van der Waals surface area (Å²) in [4.78, 5) is 26.0. The molecule has 2 aromatic heterocycles. The van der Waals surface area contributed by atoms with E-state index in [-0.39, 0.29) is 16.5 Å². The Kier molecular flexibility index (Phi) is 1.60. The van der Waals surface area contributed by atoms with Gasteiger partial charge in [-0.05, 0) is 6.07 Å². The maximum atomic E-state index is 11.7.